The Labute approximate surface area is 162 Å². The number of benzene rings is 2. The molecule has 144 valence electrons. The number of H-pyrrole nitrogens is 1. The number of hydrogen-bond donors (Lipinski definition) is 2. The van der Waals surface area contributed by atoms with Gasteiger partial charge < -0.3 is 15.0 Å². The molecule has 2 N–H and O–H groups in total. The zero-order valence-electron chi connectivity index (χ0n) is 15.5. The summed E-state index contributed by atoms with van der Waals surface area (Å²) in [6.07, 6.45) is 0.842. The van der Waals surface area contributed by atoms with E-state index in [9.17, 15) is 9.18 Å². The van der Waals surface area contributed by atoms with Crippen molar-refractivity contribution in [3.63, 3.8) is 0 Å². The first kappa shape index (κ1) is 18.0. The summed E-state index contributed by atoms with van der Waals surface area (Å²) >= 11 is 0. The number of ether oxygens (including phenoxy) is 1. The van der Waals surface area contributed by atoms with Crippen molar-refractivity contribution in [3.8, 4) is 17.0 Å². The maximum atomic E-state index is 13.1. The Hall–Kier alpha value is -3.35. The summed E-state index contributed by atoms with van der Waals surface area (Å²) in [5.41, 5.74) is 2.29. The number of nitrogens with zero attached hydrogens (tertiary/aromatic N) is 2. The van der Waals surface area contributed by atoms with E-state index in [0.717, 1.165) is 30.0 Å². The molecule has 0 radical (unpaired) electrons. The SMILES string of the molecule is COc1cccc(C(=O)N[C@@H]2CCN(c3cc(-c4ccc(F)cc4)[nH]n3)C2)c1. The molecule has 4 rings (SSSR count). The van der Waals surface area contributed by atoms with Gasteiger partial charge in [-0.2, -0.15) is 5.10 Å². The molecule has 1 aromatic heterocycles. The summed E-state index contributed by atoms with van der Waals surface area (Å²) in [6.45, 7) is 1.49. The Morgan fingerprint density at radius 3 is 2.86 bits per heavy atom. The molecule has 0 aliphatic carbocycles. The van der Waals surface area contributed by atoms with Crippen molar-refractivity contribution in [1.82, 2.24) is 15.5 Å². The van der Waals surface area contributed by atoms with E-state index in [-0.39, 0.29) is 17.8 Å². The molecule has 0 saturated carbocycles. The Balaban J connectivity index is 1.39. The number of aromatic nitrogens is 2. The fraction of sp³-hybridized carbons (Fsp3) is 0.238. The third kappa shape index (κ3) is 3.83. The number of carbonyl (C=O) groups excluding carboxylic acids is 1. The summed E-state index contributed by atoms with van der Waals surface area (Å²) in [5, 5.41) is 10.4. The van der Waals surface area contributed by atoms with Crippen molar-refractivity contribution in [2.75, 3.05) is 25.1 Å². The van der Waals surface area contributed by atoms with Gasteiger partial charge in [0.1, 0.15) is 11.6 Å². The second kappa shape index (κ2) is 7.72. The first-order valence-electron chi connectivity index (χ1n) is 9.13. The molecule has 0 bridgehead atoms. The predicted molar refractivity (Wildman–Crippen MR) is 105 cm³/mol. The van der Waals surface area contributed by atoms with Crippen LogP contribution in [0.5, 0.6) is 5.75 Å². The standard InChI is InChI=1S/C21H21FN4O2/c1-28-18-4-2-3-15(11-18)21(27)23-17-9-10-26(13-17)20-12-19(24-25-20)14-5-7-16(22)8-6-14/h2-8,11-12,17H,9-10,13H2,1H3,(H,23,27)(H,24,25)/t17-/m1/s1. The number of hydrogen-bond acceptors (Lipinski definition) is 4. The van der Waals surface area contributed by atoms with Gasteiger partial charge in [-0.15, -0.1) is 0 Å². The van der Waals surface area contributed by atoms with Gasteiger partial charge in [0, 0.05) is 30.8 Å². The number of carbonyl (C=O) groups is 1. The average molecular weight is 380 g/mol. The number of anilines is 1. The topological polar surface area (TPSA) is 70.2 Å². The van der Waals surface area contributed by atoms with E-state index in [0.29, 0.717) is 17.9 Å². The fourth-order valence-corrected chi connectivity index (χ4v) is 3.37. The van der Waals surface area contributed by atoms with Gasteiger partial charge in [-0.3, -0.25) is 9.89 Å². The normalized spacial score (nSPS) is 16.2. The van der Waals surface area contributed by atoms with Crippen molar-refractivity contribution >= 4 is 11.7 Å². The fourth-order valence-electron chi connectivity index (χ4n) is 3.37. The zero-order valence-corrected chi connectivity index (χ0v) is 15.5. The van der Waals surface area contributed by atoms with Crippen LogP contribution in [-0.4, -0.2) is 42.3 Å². The van der Waals surface area contributed by atoms with Crippen LogP contribution in [0.2, 0.25) is 0 Å². The summed E-state index contributed by atoms with van der Waals surface area (Å²) in [5.74, 6) is 1.10. The molecular formula is C21H21FN4O2. The van der Waals surface area contributed by atoms with Gasteiger partial charge in [0.05, 0.1) is 12.8 Å². The van der Waals surface area contributed by atoms with E-state index in [2.05, 4.69) is 20.4 Å². The third-order valence-corrected chi connectivity index (χ3v) is 4.90. The first-order chi connectivity index (χ1) is 13.6. The number of nitrogens with one attached hydrogen (secondary N) is 2. The molecule has 0 spiro atoms. The van der Waals surface area contributed by atoms with Gasteiger partial charge in [-0.05, 0) is 54.4 Å². The summed E-state index contributed by atoms with van der Waals surface area (Å²) in [6, 6.07) is 15.4. The van der Waals surface area contributed by atoms with Crippen molar-refractivity contribution in [1.29, 1.82) is 0 Å². The molecule has 1 aliphatic rings. The van der Waals surface area contributed by atoms with Crippen LogP contribution in [-0.2, 0) is 0 Å². The smallest absolute Gasteiger partial charge is 0.251 e. The lowest BCUT2D eigenvalue weighted by Crippen LogP contribution is -2.37. The Kier molecular flexibility index (Phi) is 4.97. The highest BCUT2D eigenvalue weighted by molar-refractivity contribution is 5.94. The second-order valence-electron chi connectivity index (χ2n) is 6.78. The van der Waals surface area contributed by atoms with Gasteiger partial charge >= 0.3 is 0 Å². The number of amides is 1. The molecule has 6 nitrogen and oxygen atoms in total. The van der Waals surface area contributed by atoms with Crippen LogP contribution in [0.1, 0.15) is 16.8 Å². The molecule has 2 heterocycles. The third-order valence-electron chi connectivity index (χ3n) is 4.90. The highest BCUT2D eigenvalue weighted by atomic mass is 19.1. The quantitative estimate of drug-likeness (QED) is 0.713. The van der Waals surface area contributed by atoms with Crippen LogP contribution >= 0.6 is 0 Å². The van der Waals surface area contributed by atoms with Crippen LogP contribution in [0.15, 0.2) is 54.6 Å². The Morgan fingerprint density at radius 1 is 1.25 bits per heavy atom. The Bertz CT molecular complexity index is 971. The molecule has 28 heavy (non-hydrogen) atoms. The summed E-state index contributed by atoms with van der Waals surface area (Å²) in [7, 11) is 1.58. The lowest BCUT2D eigenvalue weighted by Gasteiger charge is -2.16. The molecular weight excluding hydrogens is 359 g/mol. The number of aromatic amines is 1. The zero-order chi connectivity index (χ0) is 19.5. The van der Waals surface area contributed by atoms with E-state index in [1.165, 1.54) is 12.1 Å². The lowest BCUT2D eigenvalue weighted by atomic mass is 10.1. The molecule has 2 aromatic carbocycles. The van der Waals surface area contributed by atoms with Gasteiger partial charge in [0.15, 0.2) is 5.82 Å². The Morgan fingerprint density at radius 2 is 2.07 bits per heavy atom. The van der Waals surface area contributed by atoms with Crippen molar-refractivity contribution < 1.29 is 13.9 Å². The minimum Gasteiger partial charge on any atom is -0.497 e. The first-order valence-corrected chi connectivity index (χ1v) is 9.13. The van der Waals surface area contributed by atoms with Gasteiger partial charge in [0.25, 0.3) is 5.91 Å². The summed E-state index contributed by atoms with van der Waals surface area (Å²) < 4.78 is 18.3. The molecule has 1 saturated heterocycles. The van der Waals surface area contributed by atoms with Crippen molar-refractivity contribution in [2.24, 2.45) is 0 Å². The predicted octanol–water partition coefficient (Wildman–Crippen LogP) is 3.23. The van der Waals surface area contributed by atoms with E-state index in [1.807, 2.05) is 12.1 Å². The number of rotatable bonds is 5. The molecule has 0 unspecified atom stereocenters. The lowest BCUT2D eigenvalue weighted by molar-refractivity contribution is 0.0940. The monoisotopic (exact) mass is 380 g/mol. The van der Waals surface area contributed by atoms with Crippen LogP contribution in [0, 0.1) is 5.82 Å². The molecule has 1 atom stereocenters. The van der Waals surface area contributed by atoms with E-state index in [4.69, 9.17) is 4.74 Å². The molecule has 3 aromatic rings. The van der Waals surface area contributed by atoms with Gasteiger partial charge in [-0.1, -0.05) is 6.07 Å². The maximum absolute atomic E-state index is 13.1. The van der Waals surface area contributed by atoms with Crippen molar-refractivity contribution in [3.05, 3.63) is 66.0 Å². The molecule has 1 aliphatic heterocycles. The average Bonchev–Trinajstić information content (AvgIpc) is 3.38. The highest BCUT2D eigenvalue weighted by Crippen LogP contribution is 2.25. The van der Waals surface area contributed by atoms with E-state index >= 15 is 0 Å². The largest absolute Gasteiger partial charge is 0.497 e. The van der Waals surface area contributed by atoms with Gasteiger partial charge in [0.2, 0.25) is 0 Å². The molecule has 1 amide bonds. The van der Waals surface area contributed by atoms with Crippen LogP contribution in [0.4, 0.5) is 10.2 Å². The highest BCUT2D eigenvalue weighted by Gasteiger charge is 2.26. The van der Waals surface area contributed by atoms with E-state index < -0.39 is 0 Å². The molecule has 1 fully saturated rings. The second-order valence-corrected chi connectivity index (χ2v) is 6.78. The molecule has 7 heteroatoms. The minimum atomic E-state index is -0.266. The number of halogens is 1. The van der Waals surface area contributed by atoms with Crippen LogP contribution in [0.25, 0.3) is 11.3 Å². The van der Waals surface area contributed by atoms with Crippen LogP contribution in [0.3, 0.4) is 0 Å². The minimum absolute atomic E-state index is 0.0460. The number of methoxy groups -OCH3 is 1. The summed E-state index contributed by atoms with van der Waals surface area (Å²) in [4.78, 5) is 14.6. The van der Waals surface area contributed by atoms with Gasteiger partial charge in [-0.25, -0.2) is 4.39 Å². The maximum Gasteiger partial charge on any atom is 0.251 e. The van der Waals surface area contributed by atoms with E-state index in [1.54, 1.807) is 37.4 Å². The van der Waals surface area contributed by atoms with Crippen LogP contribution < -0.4 is 15.0 Å². The van der Waals surface area contributed by atoms with Crippen molar-refractivity contribution in [2.45, 2.75) is 12.5 Å².